The molecule has 0 atom stereocenters. The molecule has 2 nitrogen and oxygen atoms in total. The highest BCUT2D eigenvalue weighted by Crippen LogP contribution is 2.42. The van der Waals surface area contributed by atoms with Gasteiger partial charge >= 0.3 is 0 Å². The third-order valence-corrected chi connectivity index (χ3v) is 5.49. The van der Waals surface area contributed by atoms with Gasteiger partial charge in [0.25, 0.3) is 0 Å². The number of allylic oxidation sites excluding steroid dienone is 1. The number of hydrogen-bond donors (Lipinski definition) is 0. The van der Waals surface area contributed by atoms with Crippen molar-refractivity contribution >= 4 is 0 Å². The fourth-order valence-electron chi connectivity index (χ4n) is 4.16. The molecule has 112 valence electrons. The van der Waals surface area contributed by atoms with Crippen molar-refractivity contribution in [3.05, 3.63) is 12.3 Å². The zero-order chi connectivity index (χ0) is 14.2. The van der Waals surface area contributed by atoms with E-state index in [0.29, 0.717) is 5.92 Å². The fraction of sp³-hybridized carbons (Fsp3) is 0.833. The van der Waals surface area contributed by atoms with E-state index in [1.54, 1.807) is 13.4 Å². The van der Waals surface area contributed by atoms with Crippen molar-refractivity contribution < 1.29 is 4.74 Å². The van der Waals surface area contributed by atoms with Gasteiger partial charge in [0, 0.05) is 5.92 Å². The summed E-state index contributed by atoms with van der Waals surface area (Å²) in [5.74, 6) is 3.17. The van der Waals surface area contributed by atoms with Crippen molar-refractivity contribution in [2.45, 2.75) is 64.2 Å². The van der Waals surface area contributed by atoms with Gasteiger partial charge in [0.1, 0.15) is 0 Å². The molecule has 0 aromatic rings. The molecular formula is C18H29NO. The molecule has 2 fully saturated rings. The Hall–Kier alpha value is -0.970. The Labute approximate surface area is 124 Å². The van der Waals surface area contributed by atoms with Crippen LogP contribution in [0, 0.1) is 35.0 Å². The highest BCUT2D eigenvalue weighted by Gasteiger charge is 2.30. The van der Waals surface area contributed by atoms with Crippen LogP contribution in [0.2, 0.25) is 0 Å². The van der Waals surface area contributed by atoms with Crippen molar-refractivity contribution in [2.24, 2.45) is 23.7 Å². The molecule has 0 saturated heterocycles. The van der Waals surface area contributed by atoms with Gasteiger partial charge in [-0.2, -0.15) is 5.26 Å². The first-order valence-electron chi connectivity index (χ1n) is 8.41. The Morgan fingerprint density at radius 3 is 2.15 bits per heavy atom. The van der Waals surface area contributed by atoms with E-state index in [9.17, 15) is 0 Å². The molecule has 0 N–H and O–H groups in total. The number of nitriles is 1. The molecule has 2 aliphatic carbocycles. The zero-order valence-electron chi connectivity index (χ0n) is 12.9. The maximum atomic E-state index is 8.98. The minimum Gasteiger partial charge on any atom is -0.505 e. The van der Waals surface area contributed by atoms with Gasteiger partial charge in [-0.3, -0.25) is 0 Å². The minimum absolute atomic E-state index is 0.357. The maximum absolute atomic E-state index is 8.98. The molecule has 0 heterocycles. The van der Waals surface area contributed by atoms with Crippen LogP contribution in [0.1, 0.15) is 64.2 Å². The third kappa shape index (κ3) is 4.54. The largest absolute Gasteiger partial charge is 0.505 e. The van der Waals surface area contributed by atoms with Crippen LogP contribution >= 0.6 is 0 Å². The number of hydrogen-bond acceptors (Lipinski definition) is 2. The predicted octanol–water partition coefficient (Wildman–Crippen LogP) is 5.06. The number of ether oxygens (including phenoxy) is 1. The van der Waals surface area contributed by atoms with Crippen LogP contribution in [-0.4, -0.2) is 7.11 Å². The van der Waals surface area contributed by atoms with Crippen molar-refractivity contribution in [1.29, 1.82) is 5.26 Å². The summed E-state index contributed by atoms with van der Waals surface area (Å²) in [7, 11) is 1.71. The Bertz CT molecular complexity index is 328. The van der Waals surface area contributed by atoms with Gasteiger partial charge in [-0.1, -0.05) is 12.8 Å². The van der Waals surface area contributed by atoms with E-state index in [2.05, 4.69) is 12.1 Å². The van der Waals surface area contributed by atoms with E-state index in [1.807, 2.05) is 0 Å². The molecule has 0 aromatic heterocycles. The molecule has 0 radical (unpaired) electrons. The van der Waals surface area contributed by atoms with Gasteiger partial charge < -0.3 is 4.74 Å². The highest BCUT2D eigenvalue weighted by atomic mass is 16.5. The lowest BCUT2D eigenvalue weighted by Gasteiger charge is -2.36. The lowest BCUT2D eigenvalue weighted by Crippen LogP contribution is -2.25. The van der Waals surface area contributed by atoms with Crippen molar-refractivity contribution in [3.8, 4) is 6.07 Å². The van der Waals surface area contributed by atoms with Crippen molar-refractivity contribution in [3.63, 3.8) is 0 Å². The topological polar surface area (TPSA) is 33.0 Å². The molecule has 2 heteroatoms. The molecule has 0 bridgehead atoms. The first-order valence-corrected chi connectivity index (χ1v) is 8.41. The Morgan fingerprint density at radius 2 is 1.60 bits per heavy atom. The first-order chi connectivity index (χ1) is 9.83. The van der Waals surface area contributed by atoms with Crippen molar-refractivity contribution in [2.75, 3.05) is 7.11 Å². The van der Waals surface area contributed by atoms with E-state index in [-0.39, 0.29) is 0 Å². The standard InChI is InChI=1S/C18H29NO/c1-20-13-3-2-4-15-5-9-17(10-6-15)18-11-7-16(14-19)8-12-18/h3,13,15-18H,2,4-12H2,1H3/b13-3+. The summed E-state index contributed by atoms with van der Waals surface area (Å²) in [4.78, 5) is 0. The van der Waals surface area contributed by atoms with Gasteiger partial charge in [-0.05, 0) is 75.2 Å². The van der Waals surface area contributed by atoms with E-state index in [0.717, 1.165) is 37.0 Å². The van der Waals surface area contributed by atoms with Gasteiger partial charge in [-0.25, -0.2) is 0 Å². The number of rotatable bonds is 5. The molecule has 20 heavy (non-hydrogen) atoms. The Balaban J connectivity index is 1.64. The quantitative estimate of drug-likeness (QED) is 0.657. The second-order valence-electron chi connectivity index (χ2n) is 6.71. The van der Waals surface area contributed by atoms with E-state index in [4.69, 9.17) is 10.00 Å². The third-order valence-electron chi connectivity index (χ3n) is 5.49. The van der Waals surface area contributed by atoms with E-state index < -0.39 is 0 Å². The molecule has 0 aromatic carbocycles. The molecule has 0 unspecified atom stereocenters. The minimum atomic E-state index is 0.357. The van der Waals surface area contributed by atoms with Gasteiger partial charge in [-0.15, -0.1) is 0 Å². The Morgan fingerprint density at radius 1 is 1.00 bits per heavy atom. The summed E-state index contributed by atoms with van der Waals surface area (Å²) in [6, 6.07) is 2.45. The number of nitrogens with zero attached hydrogens (tertiary/aromatic N) is 1. The number of methoxy groups -OCH3 is 1. The van der Waals surface area contributed by atoms with Gasteiger partial charge in [0.05, 0.1) is 19.4 Å². The second-order valence-corrected chi connectivity index (χ2v) is 6.71. The molecule has 2 aliphatic rings. The van der Waals surface area contributed by atoms with Crippen LogP contribution in [0.3, 0.4) is 0 Å². The van der Waals surface area contributed by atoms with Crippen LogP contribution in [0.15, 0.2) is 12.3 Å². The molecular weight excluding hydrogens is 246 g/mol. The summed E-state index contributed by atoms with van der Waals surface area (Å²) >= 11 is 0. The summed E-state index contributed by atoms with van der Waals surface area (Å²) in [5, 5.41) is 8.98. The summed E-state index contributed by atoms with van der Waals surface area (Å²) in [6.45, 7) is 0. The summed E-state index contributed by atoms with van der Waals surface area (Å²) in [5.41, 5.74) is 0. The van der Waals surface area contributed by atoms with Gasteiger partial charge in [0.2, 0.25) is 0 Å². The van der Waals surface area contributed by atoms with Crippen LogP contribution < -0.4 is 0 Å². The van der Waals surface area contributed by atoms with Crippen LogP contribution in [0.5, 0.6) is 0 Å². The molecule has 0 spiro atoms. The van der Waals surface area contributed by atoms with Crippen LogP contribution in [0.4, 0.5) is 0 Å². The van der Waals surface area contributed by atoms with E-state index >= 15 is 0 Å². The van der Waals surface area contributed by atoms with Gasteiger partial charge in [0.15, 0.2) is 0 Å². The molecule has 0 aliphatic heterocycles. The summed E-state index contributed by atoms with van der Waals surface area (Å²) < 4.78 is 4.94. The SMILES string of the molecule is CO/C=C/CCC1CCC(C2CCC(C#N)CC2)CC1. The first kappa shape index (κ1) is 15.4. The molecule has 2 saturated carbocycles. The van der Waals surface area contributed by atoms with Crippen molar-refractivity contribution in [1.82, 2.24) is 0 Å². The maximum Gasteiger partial charge on any atom is 0.0784 e. The van der Waals surface area contributed by atoms with E-state index in [1.165, 1.54) is 44.9 Å². The fourth-order valence-corrected chi connectivity index (χ4v) is 4.16. The average molecular weight is 275 g/mol. The highest BCUT2D eigenvalue weighted by molar-refractivity contribution is 4.89. The lowest BCUT2D eigenvalue weighted by molar-refractivity contribution is 0.154. The predicted molar refractivity (Wildman–Crippen MR) is 81.9 cm³/mol. The smallest absolute Gasteiger partial charge is 0.0784 e. The lowest BCUT2D eigenvalue weighted by atomic mass is 9.69. The van der Waals surface area contributed by atoms with Crippen LogP contribution in [0.25, 0.3) is 0 Å². The second kappa shape index (κ2) is 8.35. The van der Waals surface area contributed by atoms with Crippen LogP contribution in [-0.2, 0) is 4.74 Å². The zero-order valence-corrected chi connectivity index (χ0v) is 12.9. The average Bonchev–Trinajstić information content (AvgIpc) is 2.52. The molecule has 0 amide bonds. The molecule has 2 rings (SSSR count). The summed E-state index contributed by atoms with van der Waals surface area (Å²) in [6.07, 6.45) is 17.1. The normalized spacial score (nSPS) is 34.8. The monoisotopic (exact) mass is 275 g/mol. The Kier molecular flexibility index (Phi) is 6.43.